The molecule has 0 aromatic heterocycles. The molecule has 0 saturated heterocycles. The molecule has 2 aliphatic carbocycles. The van der Waals surface area contributed by atoms with E-state index in [1.165, 1.54) is 30.1 Å². The maximum absolute atomic E-state index is 5.92. The van der Waals surface area contributed by atoms with Crippen LogP contribution in [0, 0.1) is 17.3 Å². The van der Waals surface area contributed by atoms with Crippen LogP contribution < -0.4 is 0 Å². The van der Waals surface area contributed by atoms with Gasteiger partial charge >= 0.3 is 0 Å². The molecule has 0 spiro atoms. The first-order valence-corrected chi connectivity index (χ1v) is 7.29. The first-order chi connectivity index (χ1) is 6.79. The van der Waals surface area contributed by atoms with Crippen LogP contribution in [0.25, 0.3) is 0 Å². The van der Waals surface area contributed by atoms with Crippen LogP contribution in [0.5, 0.6) is 0 Å². The maximum Gasteiger partial charge on any atom is 0.0657 e. The Labute approximate surface area is 102 Å². The van der Waals surface area contributed by atoms with Crippen molar-refractivity contribution in [2.75, 3.05) is 4.43 Å². The van der Waals surface area contributed by atoms with Gasteiger partial charge in [-0.2, -0.15) is 0 Å². The molecular weight excluding hydrogens is 282 g/mol. The van der Waals surface area contributed by atoms with Crippen molar-refractivity contribution in [3.63, 3.8) is 0 Å². The molecule has 2 rings (SSSR count). The monoisotopic (exact) mass is 300 g/mol. The molecule has 0 heterocycles. The zero-order valence-electron chi connectivity index (χ0n) is 8.93. The van der Waals surface area contributed by atoms with Gasteiger partial charge in [0.1, 0.15) is 0 Å². The van der Waals surface area contributed by atoms with Crippen molar-refractivity contribution in [2.45, 2.75) is 38.9 Å². The molecule has 1 saturated carbocycles. The molecule has 14 heavy (non-hydrogen) atoms. The minimum atomic E-state index is 0.546. The lowest BCUT2D eigenvalue weighted by atomic mass is 9.55. The molecule has 2 radical (unpaired) electrons. The van der Waals surface area contributed by atoms with Gasteiger partial charge in [-0.15, -0.1) is 0 Å². The smallest absolute Gasteiger partial charge is 0.0657 e. The molecule has 0 aromatic carbocycles. The molecular formula is C12H18BI. The number of fused-ring (bicyclic) bond motifs is 1. The van der Waals surface area contributed by atoms with E-state index in [9.17, 15) is 0 Å². The summed E-state index contributed by atoms with van der Waals surface area (Å²) in [7, 11) is 5.92. The van der Waals surface area contributed by atoms with Gasteiger partial charge in [0, 0.05) is 9.84 Å². The van der Waals surface area contributed by atoms with Gasteiger partial charge in [-0.25, -0.2) is 0 Å². The highest BCUT2D eigenvalue weighted by molar-refractivity contribution is 14.1. The molecule has 3 atom stereocenters. The SMILES string of the molecule is [B]CC1CCC2C=C(CI)C21CCC. The van der Waals surface area contributed by atoms with Gasteiger partial charge in [0.25, 0.3) is 0 Å². The Morgan fingerprint density at radius 2 is 2.36 bits per heavy atom. The molecule has 0 aromatic rings. The molecule has 0 N–H and O–H groups in total. The number of halogens is 1. The molecule has 2 heteroatoms. The van der Waals surface area contributed by atoms with E-state index >= 15 is 0 Å². The summed E-state index contributed by atoms with van der Waals surface area (Å²) in [5.74, 6) is 1.66. The fraction of sp³-hybridized carbons (Fsp3) is 0.833. The van der Waals surface area contributed by atoms with E-state index < -0.39 is 0 Å². The standard InChI is InChI=1S/C12H18BI/c1-2-5-12-9(6-11(12)8-14)3-4-10(12)7-13/h6,9-10H,2-5,7-8H2,1H3. The first-order valence-electron chi connectivity index (χ1n) is 5.76. The number of hydrogen-bond donors (Lipinski definition) is 0. The highest BCUT2D eigenvalue weighted by Crippen LogP contribution is 2.63. The largest absolute Gasteiger partial charge is 0.0851 e. The second-order valence-electron chi connectivity index (χ2n) is 4.73. The van der Waals surface area contributed by atoms with Gasteiger partial charge in [-0.05, 0) is 31.1 Å². The van der Waals surface area contributed by atoms with Gasteiger partial charge in [-0.3, -0.25) is 0 Å². The summed E-state index contributed by atoms with van der Waals surface area (Å²) in [4.78, 5) is 0. The number of alkyl halides is 1. The lowest BCUT2D eigenvalue weighted by Gasteiger charge is -2.48. The van der Waals surface area contributed by atoms with Crippen molar-refractivity contribution < 1.29 is 0 Å². The minimum absolute atomic E-state index is 0.546. The van der Waals surface area contributed by atoms with Gasteiger partial charge in [-0.1, -0.05) is 53.9 Å². The van der Waals surface area contributed by atoms with Crippen molar-refractivity contribution in [2.24, 2.45) is 17.3 Å². The average Bonchev–Trinajstić information content (AvgIpc) is 2.44. The summed E-state index contributed by atoms with van der Waals surface area (Å²) in [6, 6.07) is 0. The lowest BCUT2D eigenvalue weighted by molar-refractivity contribution is 0.171. The Morgan fingerprint density at radius 3 is 2.93 bits per heavy atom. The Hall–Kier alpha value is 0.535. The Bertz CT molecular complexity index is 249. The summed E-state index contributed by atoms with van der Waals surface area (Å²) in [6.45, 7) is 2.31. The summed E-state index contributed by atoms with van der Waals surface area (Å²) >= 11 is 2.51. The highest BCUT2D eigenvalue weighted by atomic mass is 127. The second kappa shape index (κ2) is 4.19. The third-order valence-electron chi connectivity index (χ3n) is 4.31. The van der Waals surface area contributed by atoms with E-state index in [2.05, 4.69) is 35.6 Å². The van der Waals surface area contributed by atoms with Crippen molar-refractivity contribution in [1.82, 2.24) is 0 Å². The van der Waals surface area contributed by atoms with Gasteiger partial charge in [0.2, 0.25) is 0 Å². The number of allylic oxidation sites excluding steroid dienone is 2. The van der Waals surface area contributed by atoms with E-state index in [4.69, 9.17) is 7.85 Å². The zero-order valence-corrected chi connectivity index (χ0v) is 11.1. The number of rotatable bonds is 4. The third kappa shape index (κ3) is 1.32. The fourth-order valence-electron chi connectivity index (χ4n) is 3.69. The molecule has 3 unspecified atom stereocenters. The van der Waals surface area contributed by atoms with Gasteiger partial charge in [0.05, 0.1) is 7.85 Å². The molecule has 0 amide bonds. The summed E-state index contributed by atoms with van der Waals surface area (Å²) in [5, 5.41) is 0. The van der Waals surface area contributed by atoms with Crippen LogP contribution in [0.15, 0.2) is 11.6 Å². The molecule has 2 aliphatic rings. The van der Waals surface area contributed by atoms with E-state index in [0.29, 0.717) is 5.41 Å². The van der Waals surface area contributed by atoms with Crippen LogP contribution in [-0.4, -0.2) is 12.3 Å². The van der Waals surface area contributed by atoms with E-state index in [1.54, 1.807) is 5.57 Å². The van der Waals surface area contributed by atoms with Crippen molar-refractivity contribution in [3.05, 3.63) is 11.6 Å². The number of hydrogen-bond acceptors (Lipinski definition) is 0. The summed E-state index contributed by atoms with van der Waals surface area (Å²) < 4.78 is 1.21. The second-order valence-corrected chi connectivity index (χ2v) is 5.50. The fourth-order valence-corrected chi connectivity index (χ4v) is 4.66. The first kappa shape index (κ1) is 11.0. The molecule has 76 valence electrons. The summed E-state index contributed by atoms with van der Waals surface area (Å²) in [6.07, 6.45) is 8.84. The molecule has 1 fully saturated rings. The van der Waals surface area contributed by atoms with Crippen molar-refractivity contribution in [3.8, 4) is 0 Å². The molecule has 0 nitrogen and oxygen atoms in total. The quantitative estimate of drug-likeness (QED) is 0.321. The zero-order chi connectivity index (χ0) is 10.2. The van der Waals surface area contributed by atoms with Gasteiger partial charge in [0.15, 0.2) is 0 Å². The Balaban J connectivity index is 2.23. The predicted octanol–water partition coefficient (Wildman–Crippen LogP) is 3.76. The van der Waals surface area contributed by atoms with Crippen LogP contribution >= 0.6 is 22.6 Å². The van der Waals surface area contributed by atoms with Crippen molar-refractivity contribution >= 4 is 30.4 Å². The predicted molar refractivity (Wildman–Crippen MR) is 71.1 cm³/mol. The highest BCUT2D eigenvalue weighted by Gasteiger charge is 2.54. The topological polar surface area (TPSA) is 0 Å². The lowest BCUT2D eigenvalue weighted by Crippen LogP contribution is -2.41. The van der Waals surface area contributed by atoms with Crippen LogP contribution in [-0.2, 0) is 0 Å². The molecule has 0 bridgehead atoms. The van der Waals surface area contributed by atoms with E-state index in [0.717, 1.165) is 18.2 Å². The van der Waals surface area contributed by atoms with Crippen LogP contribution in [0.4, 0.5) is 0 Å². The van der Waals surface area contributed by atoms with Crippen LogP contribution in [0.2, 0.25) is 6.32 Å². The Kier molecular flexibility index (Phi) is 3.30. The summed E-state index contributed by atoms with van der Waals surface area (Å²) in [5.41, 5.74) is 2.25. The van der Waals surface area contributed by atoms with Crippen LogP contribution in [0.3, 0.4) is 0 Å². The van der Waals surface area contributed by atoms with Crippen molar-refractivity contribution in [1.29, 1.82) is 0 Å². The van der Waals surface area contributed by atoms with Gasteiger partial charge < -0.3 is 0 Å². The Morgan fingerprint density at radius 1 is 1.57 bits per heavy atom. The van der Waals surface area contributed by atoms with E-state index in [1.807, 2.05) is 0 Å². The normalized spacial score (nSPS) is 40.3. The average molecular weight is 300 g/mol. The molecule has 0 aliphatic heterocycles. The third-order valence-corrected chi connectivity index (χ3v) is 5.13. The minimum Gasteiger partial charge on any atom is -0.0851 e. The van der Waals surface area contributed by atoms with E-state index in [-0.39, 0.29) is 0 Å². The maximum atomic E-state index is 5.92. The van der Waals surface area contributed by atoms with Crippen LogP contribution in [0.1, 0.15) is 32.6 Å².